The Bertz CT molecular complexity index is 559. The molecule has 1 aromatic rings. The maximum absolute atomic E-state index is 12.5. The predicted molar refractivity (Wildman–Crippen MR) is 81.1 cm³/mol. The fourth-order valence-electron chi connectivity index (χ4n) is 2.59. The van der Waals surface area contributed by atoms with E-state index in [9.17, 15) is 8.42 Å². The Morgan fingerprint density at radius 1 is 1.35 bits per heavy atom. The van der Waals surface area contributed by atoms with Crippen LogP contribution in [0.25, 0.3) is 0 Å². The molecule has 0 saturated heterocycles. The summed E-state index contributed by atoms with van der Waals surface area (Å²) in [5.74, 6) is 0. The molecule has 0 radical (unpaired) electrons. The molecule has 0 amide bonds. The zero-order valence-corrected chi connectivity index (χ0v) is 13.3. The topological polar surface area (TPSA) is 58.2 Å². The van der Waals surface area contributed by atoms with Crippen LogP contribution < -0.4 is 10.0 Å². The molecule has 1 saturated carbocycles. The second kappa shape index (κ2) is 5.84. The van der Waals surface area contributed by atoms with Crippen molar-refractivity contribution in [2.45, 2.75) is 56.0 Å². The van der Waals surface area contributed by atoms with Gasteiger partial charge in [0.2, 0.25) is 10.0 Å². The van der Waals surface area contributed by atoms with Crippen molar-refractivity contribution in [3.05, 3.63) is 29.8 Å². The summed E-state index contributed by atoms with van der Waals surface area (Å²) < 4.78 is 28.0. The van der Waals surface area contributed by atoms with Crippen molar-refractivity contribution < 1.29 is 8.42 Å². The summed E-state index contributed by atoms with van der Waals surface area (Å²) in [6.45, 7) is 4.06. The number of rotatable bonds is 6. The first kappa shape index (κ1) is 15.5. The van der Waals surface area contributed by atoms with Gasteiger partial charge in [0.05, 0.1) is 4.90 Å². The molecule has 0 aliphatic heterocycles. The Labute approximate surface area is 122 Å². The second-order valence-corrected chi connectivity index (χ2v) is 7.36. The van der Waals surface area contributed by atoms with Crippen LogP contribution in [0.5, 0.6) is 0 Å². The van der Waals surface area contributed by atoms with E-state index in [0.29, 0.717) is 4.90 Å². The molecule has 1 aromatic carbocycles. The number of benzene rings is 1. The zero-order chi connectivity index (χ0) is 14.8. The lowest BCUT2D eigenvalue weighted by molar-refractivity contribution is 0.214. The van der Waals surface area contributed by atoms with E-state index in [2.05, 4.69) is 10.0 Å². The molecule has 2 rings (SSSR count). The third-order valence-corrected chi connectivity index (χ3v) is 6.02. The van der Waals surface area contributed by atoms with E-state index in [-0.39, 0.29) is 11.6 Å². The Hall–Kier alpha value is -0.910. The van der Waals surface area contributed by atoms with Crippen LogP contribution in [0.1, 0.15) is 51.1 Å². The Morgan fingerprint density at radius 2 is 2.05 bits per heavy atom. The van der Waals surface area contributed by atoms with Crippen LogP contribution in [0.3, 0.4) is 0 Å². The van der Waals surface area contributed by atoms with E-state index in [1.54, 1.807) is 18.2 Å². The van der Waals surface area contributed by atoms with Crippen LogP contribution in [-0.4, -0.2) is 21.0 Å². The van der Waals surface area contributed by atoms with Crippen molar-refractivity contribution in [1.29, 1.82) is 0 Å². The fourth-order valence-corrected chi connectivity index (χ4v) is 4.18. The van der Waals surface area contributed by atoms with E-state index >= 15 is 0 Å². The first-order valence-corrected chi connectivity index (χ1v) is 8.72. The quantitative estimate of drug-likeness (QED) is 0.848. The standard InChI is InChI=1S/C15H24N2O2S/c1-4-15(9-6-10-15)17-20(18,19)14-8-5-7-13(11-14)12(2)16-3/h5,7-8,11-12,16-17H,4,6,9-10H2,1-3H3. The lowest BCUT2D eigenvalue weighted by Gasteiger charge is -2.41. The highest BCUT2D eigenvalue weighted by Crippen LogP contribution is 2.36. The second-order valence-electron chi connectivity index (χ2n) is 5.68. The van der Waals surface area contributed by atoms with Crippen LogP contribution in [0.15, 0.2) is 29.2 Å². The van der Waals surface area contributed by atoms with Crippen LogP contribution in [0, 0.1) is 0 Å². The van der Waals surface area contributed by atoms with Crippen molar-refractivity contribution in [3.63, 3.8) is 0 Å². The third kappa shape index (κ3) is 3.05. The summed E-state index contributed by atoms with van der Waals surface area (Å²) in [7, 11) is -1.57. The Morgan fingerprint density at radius 3 is 2.55 bits per heavy atom. The highest BCUT2D eigenvalue weighted by Gasteiger charge is 2.39. The SMILES string of the molecule is CCC1(NS(=O)(=O)c2cccc(C(C)NC)c2)CCC1. The lowest BCUT2D eigenvalue weighted by atomic mass is 9.76. The van der Waals surface area contributed by atoms with E-state index in [0.717, 1.165) is 31.2 Å². The van der Waals surface area contributed by atoms with E-state index in [1.165, 1.54) is 0 Å². The molecule has 1 unspecified atom stereocenters. The molecule has 4 nitrogen and oxygen atoms in total. The van der Waals surface area contributed by atoms with Gasteiger partial charge >= 0.3 is 0 Å². The van der Waals surface area contributed by atoms with Crippen LogP contribution >= 0.6 is 0 Å². The lowest BCUT2D eigenvalue weighted by Crippen LogP contribution is -2.52. The van der Waals surface area contributed by atoms with Gasteiger partial charge in [-0.3, -0.25) is 0 Å². The zero-order valence-electron chi connectivity index (χ0n) is 12.4. The molecule has 1 aliphatic rings. The highest BCUT2D eigenvalue weighted by atomic mass is 32.2. The predicted octanol–water partition coefficient (Wildman–Crippen LogP) is 2.58. The summed E-state index contributed by atoms with van der Waals surface area (Å²) in [5.41, 5.74) is 0.762. The van der Waals surface area contributed by atoms with Gasteiger partial charge in [0, 0.05) is 11.6 Å². The molecule has 1 fully saturated rings. The van der Waals surface area contributed by atoms with Crippen molar-refractivity contribution in [2.24, 2.45) is 0 Å². The number of nitrogens with one attached hydrogen (secondary N) is 2. The largest absolute Gasteiger partial charge is 0.313 e. The van der Waals surface area contributed by atoms with Crippen molar-refractivity contribution in [2.75, 3.05) is 7.05 Å². The average molecular weight is 296 g/mol. The molecular formula is C15H24N2O2S. The van der Waals surface area contributed by atoms with Gasteiger partial charge in [0.25, 0.3) is 0 Å². The van der Waals surface area contributed by atoms with Crippen LogP contribution in [-0.2, 0) is 10.0 Å². The average Bonchev–Trinajstić information content (AvgIpc) is 2.42. The molecule has 112 valence electrons. The summed E-state index contributed by atoms with van der Waals surface area (Å²) >= 11 is 0. The smallest absolute Gasteiger partial charge is 0.241 e. The summed E-state index contributed by atoms with van der Waals surface area (Å²) in [6, 6.07) is 7.30. The molecular weight excluding hydrogens is 272 g/mol. The van der Waals surface area contributed by atoms with E-state index in [1.807, 2.05) is 27.0 Å². The minimum absolute atomic E-state index is 0.133. The normalized spacial score (nSPS) is 19.4. The van der Waals surface area contributed by atoms with Gasteiger partial charge in [-0.1, -0.05) is 19.1 Å². The van der Waals surface area contributed by atoms with E-state index < -0.39 is 10.0 Å². The molecule has 0 aromatic heterocycles. The minimum Gasteiger partial charge on any atom is -0.313 e. The molecule has 1 atom stereocenters. The number of sulfonamides is 1. The maximum Gasteiger partial charge on any atom is 0.241 e. The first-order valence-electron chi connectivity index (χ1n) is 7.24. The van der Waals surface area contributed by atoms with Gasteiger partial charge < -0.3 is 5.32 Å². The summed E-state index contributed by atoms with van der Waals surface area (Å²) in [5, 5.41) is 3.13. The van der Waals surface area contributed by atoms with Gasteiger partial charge in [-0.05, 0) is 57.4 Å². The number of hydrogen-bond donors (Lipinski definition) is 2. The van der Waals surface area contributed by atoms with Crippen LogP contribution in [0.2, 0.25) is 0 Å². The number of hydrogen-bond acceptors (Lipinski definition) is 3. The molecule has 20 heavy (non-hydrogen) atoms. The fraction of sp³-hybridized carbons (Fsp3) is 0.600. The van der Waals surface area contributed by atoms with Crippen LogP contribution in [0.4, 0.5) is 0 Å². The van der Waals surface area contributed by atoms with Gasteiger partial charge in [-0.2, -0.15) is 0 Å². The molecule has 5 heteroatoms. The Balaban J connectivity index is 2.25. The first-order chi connectivity index (χ1) is 9.42. The minimum atomic E-state index is -3.43. The van der Waals surface area contributed by atoms with E-state index in [4.69, 9.17) is 0 Å². The summed E-state index contributed by atoms with van der Waals surface area (Å²) in [6.07, 6.45) is 3.83. The van der Waals surface area contributed by atoms with Gasteiger partial charge in [-0.15, -0.1) is 0 Å². The summed E-state index contributed by atoms with van der Waals surface area (Å²) in [4.78, 5) is 0.358. The highest BCUT2D eigenvalue weighted by molar-refractivity contribution is 7.89. The van der Waals surface area contributed by atoms with Crippen molar-refractivity contribution in [1.82, 2.24) is 10.0 Å². The van der Waals surface area contributed by atoms with Gasteiger partial charge in [0.15, 0.2) is 0 Å². The molecule has 2 N–H and O–H groups in total. The monoisotopic (exact) mass is 296 g/mol. The molecule has 0 heterocycles. The third-order valence-electron chi connectivity index (χ3n) is 4.44. The van der Waals surface area contributed by atoms with Gasteiger partial charge in [0.1, 0.15) is 0 Å². The molecule has 0 bridgehead atoms. The maximum atomic E-state index is 12.5. The molecule has 0 spiro atoms. The Kier molecular flexibility index (Phi) is 4.52. The van der Waals surface area contributed by atoms with Crippen molar-refractivity contribution in [3.8, 4) is 0 Å². The van der Waals surface area contributed by atoms with Crippen molar-refractivity contribution >= 4 is 10.0 Å². The van der Waals surface area contributed by atoms with Gasteiger partial charge in [-0.25, -0.2) is 13.1 Å². The molecule has 1 aliphatic carbocycles.